The van der Waals surface area contributed by atoms with Gasteiger partial charge >= 0.3 is 11.2 Å². The molecule has 2 aromatic carbocycles. The number of aromatic hydroxyl groups is 1. The van der Waals surface area contributed by atoms with Crippen molar-refractivity contribution in [1.82, 2.24) is 9.97 Å². The Bertz CT molecular complexity index is 1240. The molecule has 3 aromatic rings. The zero-order valence-corrected chi connectivity index (χ0v) is 18.5. The van der Waals surface area contributed by atoms with Crippen LogP contribution < -0.4 is 24.5 Å². The molecule has 0 aliphatic carbocycles. The monoisotopic (exact) mass is 469 g/mol. The van der Waals surface area contributed by atoms with E-state index in [1.807, 2.05) is 19.1 Å². The minimum atomic E-state index is -1.05. The zero-order chi connectivity index (χ0) is 24.5. The Morgan fingerprint density at radius 3 is 2.32 bits per heavy atom. The minimum Gasteiger partial charge on any atom is -0.493 e. The summed E-state index contributed by atoms with van der Waals surface area (Å²) in [6, 6.07) is 12.5. The molecule has 0 saturated carbocycles. The normalized spacial score (nSPS) is 10.8. The van der Waals surface area contributed by atoms with E-state index in [9.17, 15) is 20.0 Å². The highest BCUT2D eigenvalue weighted by atomic mass is 16.6. The van der Waals surface area contributed by atoms with Crippen LogP contribution in [0.3, 0.4) is 0 Å². The lowest BCUT2D eigenvalue weighted by molar-refractivity contribution is -0.387. The van der Waals surface area contributed by atoms with E-state index in [4.69, 9.17) is 18.9 Å². The van der Waals surface area contributed by atoms with Crippen LogP contribution in [0.5, 0.6) is 28.9 Å². The molecule has 0 aliphatic rings. The number of hydrogen-bond donors (Lipinski definition) is 2. The summed E-state index contributed by atoms with van der Waals surface area (Å²) < 4.78 is 22.4. The second-order valence-electron chi connectivity index (χ2n) is 6.70. The molecular weight excluding hydrogens is 446 g/mol. The molecule has 3 rings (SSSR count). The summed E-state index contributed by atoms with van der Waals surface area (Å²) in [5.74, 6) is 1.26. The number of H-pyrrole nitrogens is 1. The largest absolute Gasteiger partial charge is 0.493 e. The smallest absolute Gasteiger partial charge is 0.395 e. The number of nitrogens with zero attached hydrogens (tertiary/aromatic N) is 2. The topological polar surface area (TPSA) is 146 Å². The lowest BCUT2D eigenvalue weighted by Gasteiger charge is -2.14. The third kappa shape index (κ3) is 6.03. The molecule has 34 heavy (non-hydrogen) atoms. The molecule has 11 nitrogen and oxygen atoms in total. The molecule has 0 unspecified atom stereocenters. The van der Waals surface area contributed by atoms with Crippen LogP contribution in [0, 0.1) is 10.1 Å². The standard InChI is InChI=1S/C23H23N3O8/c1-3-32-19-14-15(9-11-20-24-22(27)21(26(29)30)23(28)25-20)8-10-18(19)34-13-12-33-17-7-5-4-6-16(17)31-2/h4-11,14H,3,12-13H2,1-2H3,(H2,24,25,27,28). The van der Waals surface area contributed by atoms with Crippen molar-refractivity contribution in [2.24, 2.45) is 0 Å². The SMILES string of the molecule is CCOc1cc(C=Cc2nc(O)c([N+](=O)[O-])c(=O)[nH]2)ccc1OCCOc1ccccc1OC. The number of methoxy groups -OCH3 is 1. The van der Waals surface area contributed by atoms with Crippen molar-refractivity contribution in [3.05, 3.63) is 74.3 Å². The number of aromatic nitrogens is 2. The maximum absolute atomic E-state index is 11.8. The van der Waals surface area contributed by atoms with Gasteiger partial charge in [-0.25, -0.2) is 0 Å². The third-order valence-corrected chi connectivity index (χ3v) is 4.45. The van der Waals surface area contributed by atoms with Gasteiger partial charge in [0.2, 0.25) is 0 Å². The lowest BCUT2D eigenvalue weighted by atomic mass is 10.2. The average Bonchev–Trinajstić information content (AvgIpc) is 2.81. The van der Waals surface area contributed by atoms with Crippen molar-refractivity contribution in [2.45, 2.75) is 6.92 Å². The van der Waals surface area contributed by atoms with Crippen LogP contribution in [0.1, 0.15) is 18.3 Å². The van der Waals surface area contributed by atoms with E-state index in [0.29, 0.717) is 35.2 Å². The summed E-state index contributed by atoms with van der Waals surface area (Å²) in [5.41, 5.74) is -1.38. The van der Waals surface area contributed by atoms with E-state index in [1.54, 1.807) is 43.5 Å². The first-order valence-corrected chi connectivity index (χ1v) is 10.2. The van der Waals surface area contributed by atoms with Gasteiger partial charge in [0.1, 0.15) is 19.0 Å². The summed E-state index contributed by atoms with van der Waals surface area (Å²) in [5, 5.41) is 20.4. The minimum absolute atomic E-state index is 0.0418. The number of para-hydroxylation sites is 2. The first-order chi connectivity index (χ1) is 16.4. The fraction of sp³-hybridized carbons (Fsp3) is 0.217. The maximum atomic E-state index is 11.8. The van der Waals surface area contributed by atoms with E-state index >= 15 is 0 Å². The molecule has 0 bridgehead atoms. The van der Waals surface area contributed by atoms with Gasteiger partial charge in [0.15, 0.2) is 23.0 Å². The van der Waals surface area contributed by atoms with Crippen molar-refractivity contribution in [3.8, 4) is 28.9 Å². The molecule has 0 atom stereocenters. The first-order valence-electron chi connectivity index (χ1n) is 10.2. The quantitative estimate of drug-likeness (QED) is 0.245. The van der Waals surface area contributed by atoms with E-state index in [1.165, 1.54) is 6.08 Å². The molecular formula is C23H23N3O8. The second kappa shape index (κ2) is 11.4. The number of hydrogen-bond acceptors (Lipinski definition) is 9. The third-order valence-electron chi connectivity index (χ3n) is 4.45. The number of nitro groups is 1. The van der Waals surface area contributed by atoms with E-state index < -0.39 is 22.0 Å². The van der Waals surface area contributed by atoms with Crippen LogP contribution in [0.4, 0.5) is 5.69 Å². The Kier molecular flexibility index (Phi) is 8.06. The van der Waals surface area contributed by atoms with Gasteiger partial charge in [-0.2, -0.15) is 4.98 Å². The van der Waals surface area contributed by atoms with Gasteiger partial charge in [-0.15, -0.1) is 0 Å². The highest BCUT2D eigenvalue weighted by Crippen LogP contribution is 2.30. The van der Waals surface area contributed by atoms with Crippen LogP contribution in [-0.4, -0.2) is 46.9 Å². The molecule has 1 aromatic heterocycles. The van der Waals surface area contributed by atoms with E-state index in [0.717, 1.165) is 0 Å². The summed E-state index contributed by atoms with van der Waals surface area (Å²) in [4.78, 5) is 27.4. The molecule has 0 amide bonds. The van der Waals surface area contributed by atoms with E-state index in [-0.39, 0.29) is 19.0 Å². The zero-order valence-electron chi connectivity index (χ0n) is 18.5. The Morgan fingerprint density at radius 2 is 1.71 bits per heavy atom. The number of aromatic amines is 1. The Morgan fingerprint density at radius 1 is 1.03 bits per heavy atom. The summed E-state index contributed by atoms with van der Waals surface area (Å²) in [7, 11) is 1.57. The van der Waals surface area contributed by atoms with Crippen molar-refractivity contribution >= 4 is 17.8 Å². The van der Waals surface area contributed by atoms with Crippen LogP contribution in [-0.2, 0) is 0 Å². The first kappa shape index (κ1) is 24.1. The second-order valence-corrected chi connectivity index (χ2v) is 6.70. The fourth-order valence-electron chi connectivity index (χ4n) is 2.95. The number of nitrogens with one attached hydrogen (secondary N) is 1. The number of ether oxygens (including phenoxy) is 4. The van der Waals surface area contributed by atoms with Gasteiger partial charge < -0.3 is 29.0 Å². The van der Waals surface area contributed by atoms with Gasteiger partial charge in [0, 0.05) is 0 Å². The van der Waals surface area contributed by atoms with Gasteiger partial charge in [-0.3, -0.25) is 14.9 Å². The Balaban J connectivity index is 1.68. The summed E-state index contributed by atoms with van der Waals surface area (Å²) in [6.45, 7) is 2.80. The van der Waals surface area contributed by atoms with Gasteiger partial charge in [-0.05, 0) is 42.8 Å². The molecule has 0 aliphatic heterocycles. The fourth-order valence-corrected chi connectivity index (χ4v) is 2.95. The van der Waals surface area contributed by atoms with Crippen LogP contribution >= 0.6 is 0 Å². The summed E-state index contributed by atoms with van der Waals surface area (Å²) >= 11 is 0. The predicted octanol–water partition coefficient (Wildman–Crippen LogP) is 3.42. The maximum Gasteiger partial charge on any atom is 0.395 e. The Hall–Kier alpha value is -4.54. The average molecular weight is 469 g/mol. The van der Waals surface area contributed by atoms with Gasteiger partial charge in [-0.1, -0.05) is 24.3 Å². The number of benzene rings is 2. The van der Waals surface area contributed by atoms with Gasteiger partial charge in [0.05, 0.1) is 18.6 Å². The molecule has 0 spiro atoms. The van der Waals surface area contributed by atoms with Crippen LogP contribution in [0.25, 0.3) is 12.2 Å². The van der Waals surface area contributed by atoms with Crippen molar-refractivity contribution in [3.63, 3.8) is 0 Å². The molecule has 2 N–H and O–H groups in total. The Labute approximate surface area is 194 Å². The van der Waals surface area contributed by atoms with Crippen molar-refractivity contribution < 1.29 is 29.0 Å². The highest BCUT2D eigenvalue weighted by Gasteiger charge is 2.21. The van der Waals surface area contributed by atoms with Crippen LogP contribution in [0.15, 0.2) is 47.3 Å². The van der Waals surface area contributed by atoms with Crippen molar-refractivity contribution in [2.75, 3.05) is 26.9 Å². The van der Waals surface area contributed by atoms with E-state index in [2.05, 4.69) is 9.97 Å². The summed E-state index contributed by atoms with van der Waals surface area (Å²) in [6.07, 6.45) is 3.00. The predicted molar refractivity (Wildman–Crippen MR) is 124 cm³/mol. The lowest BCUT2D eigenvalue weighted by Crippen LogP contribution is -2.14. The van der Waals surface area contributed by atoms with Crippen LogP contribution in [0.2, 0.25) is 0 Å². The molecule has 178 valence electrons. The molecule has 11 heteroatoms. The molecule has 0 saturated heterocycles. The molecule has 0 fully saturated rings. The highest BCUT2D eigenvalue weighted by molar-refractivity contribution is 5.68. The van der Waals surface area contributed by atoms with Gasteiger partial charge in [0.25, 0.3) is 5.88 Å². The molecule has 0 radical (unpaired) electrons. The number of rotatable bonds is 11. The molecule has 1 heterocycles. The van der Waals surface area contributed by atoms with Crippen molar-refractivity contribution in [1.29, 1.82) is 0 Å².